The van der Waals surface area contributed by atoms with E-state index in [-0.39, 0.29) is 18.6 Å². The Morgan fingerprint density at radius 1 is 1.48 bits per heavy atom. The van der Waals surface area contributed by atoms with Crippen molar-refractivity contribution in [3.8, 4) is 0 Å². The van der Waals surface area contributed by atoms with Gasteiger partial charge < -0.3 is 14.7 Å². The Kier molecular flexibility index (Phi) is 4.27. The molecule has 1 heterocycles. The highest BCUT2D eigenvalue weighted by Crippen LogP contribution is 2.32. The predicted molar refractivity (Wildman–Crippen MR) is 73.2 cm³/mol. The third-order valence-corrected chi connectivity index (χ3v) is 3.60. The van der Waals surface area contributed by atoms with Gasteiger partial charge in [0.15, 0.2) is 6.10 Å². The van der Waals surface area contributed by atoms with Gasteiger partial charge in [-0.1, -0.05) is 12.1 Å². The summed E-state index contributed by atoms with van der Waals surface area (Å²) in [6, 6.07) is 3.43. The van der Waals surface area contributed by atoms with Crippen LogP contribution in [-0.2, 0) is 14.3 Å². The van der Waals surface area contributed by atoms with Crippen LogP contribution in [-0.4, -0.2) is 40.6 Å². The minimum absolute atomic E-state index is 0.211. The quantitative estimate of drug-likeness (QED) is 0.925. The van der Waals surface area contributed by atoms with Crippen LogP contribution in [0.4, 0.5) is 4.39 Å². The number of carboxylic acid groups (broad SMARTS) is 1. The molecule has 0 aliphatic carbocycles. The van der Waals surface area contributed by atoms with Crippen molar-refractivity contribution in [3.05, 3.63) is 35.1 Å². The summed E-state index contributed by atoms with van der Waals surface area (Å²) in [5.41, 5.74) is 0.886. The molecule has 1 aliphatic rings. The van der Waals surface area contributed by atoms with Gasteiger partial charge in [-0.3, -0.25) is 4.79 Å². The van der Waals surface area contributed by atoms with Crippen molar-refractivity contribution < 1.29 is 23.8 Å². The number of carbonyl (C=O) groups excluding carboxylic acids is 1. The number of rotatable bonds is 3. The van der Waals surface area contributed by atoms with E-state index in [9.17, 15) is 19.1 Å². The Morgan fingerprint density at radius 3 is 2.67 bits per heavy atom. The number of halogens is 1. The minimum atomic E-state index is -1.20. The van der Waals surface area contributed by atoms with Crippen LogP contribution in [0, 0.1) is 12.7 Å². The summed E-state index contributed by atoms with van der Waals surface area (Å²) < 4.78 is 19.0. The van der Waals surface area contributed by atoms with Crippen molar-refractivity contribution in [2.75, 3.05) is 6.61 Å². The maximum atomic E-state index is 13.8. The van der Waals surface area contributed by atoms with Gasteiger partial charge >= 0.3 is 5.97 Å². The van der Waals surface area contributed by atoms with Crippen LogP contribution >= 0.6 is 0 Å². The van der Waals surface area contributed by atoms with Gasteiger partial charge in [0.1, 0.15) is 12.4 Å². The van der Waals surface area contributed by atoms with Crippen LogP contribution in [0.15, 0.2) is 18.2 Å². The van der Waals surface area contributed by atoms with Crippen molar-refractivity contribution in [1.29, 1.82) is 0 Å². The molecule has 1 aliphatic heterocycles. The lowest BCUT2D eigenvalue weighted by atomic mass is 9.95. The Morgan fingerprint density at radius 2 is 2.14 bits per heavy atom. The fourth-order valence-corrected chi connectivity index (χ4v) is 2.57. The first-order chi connectivity index (χ1) is 9.82. The number of nitrogens with zero attached hydrogens (tertiary/aromatic N) is 1. The van der Waals surface area contributed by atoms with Crippen LogP contribution in [0.25, 0.3) is 0 Å². The third kappa shape index (κ3) is 2.90. The minimum Gasteiger partial charge on any atom is -0.479 e. The van der Waals surface area contributed by atoms with Gasteiger partial charge in [-0.25, -0.2) is 9.18 Å². The van der Waals surface area contributed by atoms with Crippen molar-refractivity contribution in [2.45, 2.75) is 39.0 Å². The molecule has 1 aromatic carbocycles. The monoisotopic (exact) mass is 295 g/mol. The number of morpholine rings is 1. The van der Waals surface area contributed by atoms with Crippen molar-refractivity contribution in [2.24, 2.45) is 0 Å². The topological polar surface area (TPSA) is 66.8 Å². The molecule has 0 bridgehead atoms. The highest BCUT2D eigenvalue weighted by atomic mass is 19.1. The molecule has 5 nitrogen and oxygen atoms in total. The summed E-state index contributed by atoms with van der Waals surface area (Å²) in [5.74, 6) is -1.90. The number of hydrogen-bond acceptors (Lipinski definition) is 3. The van der Waals surface area contributed by atoms with E-state index in [4.69, 9.17) is 4.74 Å². The number of carboxylic acids is 1. The highest BCUT2D eigenvalue weighted by molar-refractivity contribution is 5.83. The summed E-state index contributed by atoms with van der Waals surface area (Å²) in [5, 5.41) is 9.32. The number of amides is 1. The number of ether oxygens (including phenoxy) is 1. The Bertz CT molecular complexity index is 573. The van der Waals surface area contributed by atoms with E-state index in [1.807, 2.05) is 0 Å². The summed E-state index contributed by atoms with van der Waals surface area (Å²) >= 11 is 0. The Labute approximate surface area is 122 Å². The second kappa shape index (κ2) is 5.81. The molecule has 1 aromatic rings. The van der Waals surface area contributed by atoms with Crippen LogP contribution < -0.4 is 0 Å². The van der Waals surface area contributed by atoms with E-state index in [2.05, 4.69) is 0 Å². The normalized spacial score (nSPS) is 22.7. The number of aryl methyl sites for hydroxylation is 1. The molecule has 1 saturated heterocycles. The smallest absolute Gasteiger partial charge is 0.335 e. The molecule has 1 amide bonds. The van der Waals surface area contributed by atoms with E-state index in [1.165, 1.54) is 11.0 Å². The first-order valence-electron chi connectivity index (χ1n) is 6.74. The number of carbonyl (C=O) groups is 2. The molecule has 0 radical (unpaired) electrons. The van der Waals surface area contributed by atoms with Gasteiger partial charge in [0.05, 0.1) is 6.04 Å². The molecule has 6 heteroatoms. The van der Waals surface area contributed by atoms with Crippen LogP contribution in [0.5, 0.6) is 0 Å². The molecule has 0 aromatic heterocycles. The molecule has 1 N–H and O–H groups in total. The fourth-order valence-electron chi connectivity index (χ4n) is 2.57. The van der Waals surface area contributed by atoms with Crippen molar-refractivity contribution in [1.82, 2.24) is 4.90 Å². The Balaban J connectivity index is 2.51. The highest BCUT2D eigenvalue weighted by Gasteiger charge is 2.43. The molecule has 0 saturated carbocycles. The van der Waals surface area contributed by atoms with Crippen LogP contribution in [0.3, 0.4) is 0 Å². The first-order valence-corrected chi connectivity index (χ1v) is 6.74. The zero-order chi connectivity index (χ0) is 15.7. The number of aliphatic carboxylic acids is 1. The SMILES string of the molecule is Cc1ccc(C2C(C(=O)O)OCC(=O)N2C(C)C)cc1F. The molecule has 2 unspecified atom stereocenters. The standard InChI is InChI=1S/C15H18FNO4/c1-8(2)17-12(18)7-21-14(15(19)20)13(17)10-5-4-9(3)11(16)6-10/h4-6,8,13-14H,7H2,1-3H3,(H,19,20). The van der Waals surface area contributed by atoms with E-state index < -0.39 is 23.9 Å². The molecule has 2 rings (SSSR count). The molecule has 0 spiro atoms. The van der Waals surface area contributed by atoms with Gasteiger partial charge in [0, 0.05) is 6.04 Å². The zero-order valence-corrected chi connectivity index (χ0v) is 12.2. The molecule has 2 atom stereocenters. The number of hydrogen-bond donors (Lipinski definition) is 1. The largest absolute Gasteiger partial charge is 0.479 e. The summed E-state index contributed by atoms with van der Waals surface area (Å²) in [6.07, 6.45) is -1.20. The second-order valence-corrected chi connectivity index (χ2v) is 5.42. The zero-order valence-electron chi connectivity index (χ0n) is 12.2. The van der Waals surface area contributed by atoms with Crippen molar-refractivity contribution in [3.63, 3.8) is 0 Å². The molecular formula is C15H18FNO4. The van der Waals surface area contributed by atoms with E-state index in [0.29, 0.717) is 11.1 Å². The molecule has 21 heavy (non-hydrogen) atoms. The number of benzene rings is 1. The van der Waals surface area contributed by atoms with E-state index >= 15 is 0 Å². The summed E-state index contributed by atoms with van der Waals surface area (Å²) in [7, 11) is 0. The van der Waals surface area contributed by atoms with Gasteiger partial charge in [-0.15, -0.1) is 0 Å². The second-order valence-electron chi connectivity index (χ2n) is 5.42. The van der Waals surface area contributed by atoms with Gasteiger partial charge in [0.25, 0.3) is 0 Å². The molecule has 114 valence electrons. The molecular weight excluding hydrogens is 277 g/mol. The fraction of sp³-hybridized carbons (Fsp3) is 0.467. The lowest BCUT2D eigenvalue weighted by molar-refractivity contribution is -0.175. The summed E-state index contributed by atoms with van der Waals surface area (Å²) in [6.45, 7) is 4.93. The van der Waals surface area contributed by atoms with Gasteiger partial charge in [0.2, 0.25) is 5.91 Å². The lowest BCUT2D eigenvalue weighted by Crippen LogP contribution is -2.54. The molecule has 1 fully saturated rings. The predicted octanol–water partition coefficient (Wildman–Crippen LogP) is 1.90. The summed E-state index contributed by atoms with van der Waals surface area (Å²) in [4.78, 5) is 24.9. The van der Waals surface area contributed by atoms with Crippen LogP contribution in [0.2, 0.25) is 0 Å². The lowest BCUT2D eigenvalue weighted by Gasteiger charge is -2.42. The van der Waals surface area contributed by atoms with Crippen LogP contribution in [0.1, 0.15) is 31.0 Å². The third-order valence-electron chi connectivity index (χ3n) is 3.60. The Hall–Kier alpha value is -1.95. The van der Waals surface area contributed by atoms with E-state index in [0.717, 1.165) is 0 Å². The first kappa shape index (κ1) is 15.4. The average Bonchev–Trinajstić information content (AvgIpc) is 2.40. The average molecular weight is 295 g/mol. The van der Waals surface area contributed by atoms with Gasteiger partial charge in [-0.2, -0.15) is 0 Å². The maximum absolute atomic E-state index is 13.8. The maximum Gasteiger partial charge on any atom is 0.335 e. The van der Waals surface area contributed by atoms with Crippen molar-refractivity contribution >= 4 is 11.9 Å². The van der Waals surface area contributed by atoms with Gasteiger partial charge in [-0.05, 0) is 38.0 Å². The van der Waals surface area contributed by atoms with E-state index in [1.54, 1.807) is 32.9 Å².